The van der Waals surface area contributed by atoms with Gasteiger partial charge in [0.1, 0.15) is 5.82 Å². The summed E-state index contributed by atoms with van der Waals surface area (Å²) >= 11 is 0. The molecule has 0 bridgehead atoms. The Morgan fingerprint density at radius 1 is 1.15 bits per heavy atom. The Morgan fingerprint density at radius 2 is 1.85 bits per heavy atom. The van der Waals surface area contributed by atoms with Crippen molar-refractivity contribution < 1.29 is 27.4 Å². The predicted molar refractivity (Wildman–Crippen MR) is 118 cm³/mol. The Kier molecular flexibility index (Phi) is 6.77. The van der Waals surface area contributed by atoms with Crippen molar-refractivity contribution in [2.75, 3.05) is 0 Å². The minimum absolute atomic E-state index is 0.0677. The zero-order valence-corrected chi connectivity index (χ0v) is 19.3. The van der Waals surface area contributed by atoms with E-state index in [1.54, 1.807) is 39.1 Å². The summed E-state index contributed by atoms with van der Waals surface area (Å²) in [7, 11) is 0. The van der Waals surface area contributed by atoms with E-state index in [0.29, 0.717) is 28.2 Å². The van der Waals surface area contributed by atoms with Gasteiger partial charge in [0, 0.05) is 30.1 Å². The molecule has 33 heavy (non-hydrogen) atoms. The number of rotatable bonds is 8. The molecule has 0 aliphatic heterocycles. The highest BCUT2D eigenvalue weighted by Gasteiger charge is 2.56. The van der Waals surface area contributed by atoms with E-state index in [1.165, 1.54) is 18.2 Å². The molecular weight excluding hydrogens is 438 g/mol. The molecule has 0 spiro atoms. The number of aliphatic hydroxyl groups is 1. The average molecular weight is 468 g/mol. The number of hydrogen-bond acceptors (Lipinski definition) is 4. The molecule has 3 rings (SSSR count). The van der Waals surface area contributed by atoms with E-state index in [1.807, 2.05) is 13.8 Å². The van der Waals surface area contributed by atoms with Gasteiger partial charge < -0.3 is 14.8 Å². The third kappa shape index (κ3) is 5.65. The number of hydrogen-bond donors (Lipinski definition) is 3. The maximum absolute atomic E-state index is 14.0. The first-order valence-electron chi connectivity index (χ1n) is 10.7. The zero-order valence-electron chi connectivity index (χ0n) is 19.3. The largest absolute Gasteiger partial charge is 0.475 e. The van der Waals surface area contributed by atoms with E-state index in [2.05, 4.69) is 15.3 Å². The third-order valence-electron chi connectivity index (χ3n) is 5.56. The fourth-order valence-electron chi connectivity index (χ4n) is 4.04. The molecule has 0 aliphatic rings. The standard InChI is InChI=1S/C24H29F4N3O2/c1-14(2)33-21-9-16-8-18(31-20(16)12-29-21)11-30-23(32,24(26,27)28)13-22(4,5)19-10-17(25)7-6-15(19)3/h6-10,12,14,30-32H,11,13H2,1-5H3. The molecule has 0 amide bonds. The molecule has 0 radical (unpaired) electrons. The molecule has 3 N–H and O–H groups in total. The van der Waals surface area contributed by atoms with Gasteiger partial charge in [0.2, 0.25) is 11.6 Å². The van der Waals surface area contributed by atoms with Gasteiger partial charge in [-0.1, -0.05) is 19.9 Å². The Hall–Kier alpha value is -2.65. The average Bonchev–Trinajstić information content (AvgIpc) is 3.09. The molecule has 2 aromatic heterocycles. The van der Waals surface area contributed by atoms with Crippen LogP contribution >= 0.6 is 0 Å². The Balaban J connectivity index is 1.84. The van der Waals surface area contributed by atoms with E-state index < -0.39 is 29.6 Å². The van der Waals surface area contributed by atoms with Crippen molar-refractivity contribution in [3.63, 3.8) is 0 Å². The lowest BCUT2D eigenvalue weighted by atomic mass is 9.75. The summed E-state index contributed by atoms with van der Waals surface area (Å²) in [5.74, 6) is -0.130. The maximum atomic E-state index is 14.0. The predicted octanol–water partition coefficient (Wildman–Crippen LogP) is 5.51. The SMILES string of the molecule is Cc1ccc(F)cc1C(C)(C)CC(O)(NCc1cc2cc(OC(C)C)ncc2[nH]1)C(F)(F)F. The van der Waals surface area contributed by atoms with Crippen molar-refractivity contribution in [1.82, 2.24) is 15.3 Å². The highest BCUT2D eigenvalue weighted by atomic mass is 19.4. The second kappa shape index (κ2) is 8.95. The van der Waals surface area contributed by atoms with Crippen LogP contribution in [-0.2, 0) is 12.0 Å². The Morgan fingerprint density at radius 3 is 2.48 bits per heavy atom. The van der Waals surface area contributed by atoms with Gasteiger partial charge in [0.15, 0.2) is 0 Å². The van der Waals surface area contributed by atoms with E-state index in [-0.39, 0.29) is 12.6 Å². The van der Waals surface area contributed by atoms with Crippen LogP contribution in [0.25, 0.3) is 10.9 Å². The topological polar surface area (TPSA) is 70.2 Å². The molecule has 1 atom stereocenters. The van der Waals surface area contributed by atoms with E-state index >= 15 is 0 Å². The molecule has 3 aromatic rings. The summed E-state index contributed by atoms with van der Waals surface area (Å²) in [6.45, 7) is 8.26. The molecule has 1 aromatic carbocycles. The summed E-state index contributed by atoms with van der Waals surface area (Å²) in [5, 5.41) is 13.7. The van der Waals surface area contributed by atoms with Crippen LogP contribution in [0.5, 0.6) is 5.88 Å². The monoisotopic (exact) mass is 467 g/mol. The highest BCUT2D eigenvalue weighted by molar-refractivity contribution is 5.80. The number of ether oxygens (including phenoxy) is 1. The number of alkyl halides is 3. The lowest BCUT2D eigenvalue weighted by Gasteiger charge is -2.39. The van der Waals surface area contributed by atoms with Crippen molar-refractivity contribution in [2.45, 2.75) is 71.0 Å². The number of fused-ring (bicyclic) bond motifs is 1. The van der Waals surface area contributed by atoms with Gasteiger partial charge in [0.05, 0.1) is 17.8 Å². The number of aryl methyl sites for hydroxylation is 1. The van der Waals surface area contributed by atoms with Crippen LogP contribution in [0.4, 0.5) is 17.6 Å². The lowest BCUT2D eigenvalue weighted by molar-refractivity contribution is -0.280. The van der Waals surface area contributed by atoms with Crippen LogP contribution < -0.4 is 10.1 Å². The Bertz CT molecular complexity index is 1120. The number of halogens is 4. The summed E-state index contributed by atoms with van der Waals surface area (Å²) in [6.07, 6.45) is -4.19. The van der Waals surface area contributed by atoms with Crippen LogP contribution in [0.1, 0.15) is 50.9 Å². The van der Waals surface area contributed by atoms with E-state index in [0.717, 1.165) is 5.39 Å². The smallest absolute Gasteiger partial charge is 0.431 e. The molecule has 0 aliphatic carbocycles. The fraction of sp³-hybridized carbons (Fsp3) is 0.458. The summed E-state index contributed by atoms with van der Waals surface area (Å²) in [4.78, 5) is 7.17. The summed E-state index contributed by atoms with van der Waals surface area (Å²) in [6, 6.07) is 7.36. The first-order valence-corrected chi connectivity index (χ1v) is 10.7. The normalized spacial score (nSPS) is 14.6. The number of nitrogens with one attached hydrogen (secondary N) is 2. The number of aromatic nitrogens is 2. The van der Waals surface area contributed by atoms with Gasteiger partial charge in [-0.2, -0.15) is 13.2 Å². The minimum atomic E-state index is -4.96. The molecule has 2 heterocycles. The number of aromatic amines is 1. The number of nitrogens with zero attached hydrogens (tertiary/aromatic N) is 1. The molecule has 5 nitrogen and oxygen atoms in total. The maximum Gasteiger partial charge on any atom is 0.431 e. The highest BCUT2D eigenvalue weighted by Crippen LogP contribution is 2.41. The van der Waals surface area contributed by atoms with Crippen molar-refractivity contribution in [3.05, 3.63) is 59.2 Å². The van der Waals surface area contributed by atoms with Crippen molar-refractivity contribution >= 4 is 10.9 Å². The molecule has 1 unspecified atom stereocenters. The van der Waals surface area contributed by atoms with Gasteiger partial charge in [-0.3, -0.25) is 5.32 Å². The second-order valence-electron chi connectivity index (χ2n) is 9.30. The Labute approximate surface area is 190 Å². The zero-order chi connectivity index (χ0) is 24.6. The molecule has 0 saturated heterocycles. The van der Waals surface area contributed by atoms with Gasteiger partial charge in [-0.15, -0.1) is 0 Å². The van der Waals surface area contributed by atoms with Gasteiger partial charge in [0.25, 0.3) is 0 Å². The quantitative estimate of drug-likeness (QED) is 0.302. The van der Waals surface area contributed by atoms with Gasteiger partial charge >= 0.3 is 6.18 Å². The molecule has 9 heteroatoms. The number of H-pyrrole nitrogens is 1. The van der Waals surface area contributed by atoms with Crippen molar-refractivity contribution in [3.8, 4) is 5.88 Å². The van der Waals surface area contributed by atoms with Crippen LogP contribution in [0.2, 0.25) is 0 Å². The second-order valence-corrected chi connectivity index (χ2v) is 9.30. The fourth-order valence-corrected chi connectivity index (χ4v) is 4.04. The number of pyridine rings is 1. The minimum Gasteiger partial charge on any atom is -0.475 e. The number of benzene rings is 1. The molecule has 0 saturated carbocycles. The first-order chi connectivity index (χ1) is 15.2. The first kappa shape index (κ1) is 25.0. The van der Waals surface area contributed by atoms with E-state index in [9.17, 15) is 22.7 Å². The van der Waals surface area contributed by atoms with Gasteiger partial charge in [-0.25, -0.2) is 9.37 Å². The third-order valence-corrected chi connectivity index (χ3v) is 5.56. The summed E-state index contributed by atoms with van der Waals surface area (Å²) in [5.41, 5.74) is -2.24. The van der Waals surface area contributed by atoms with Crippen molar-refractivity contribution in [1.29, 1.82) is 0 Å². The molecule has 0 fully saturated rings. The van der Waals surface area contributed by atoms with Crippen LogP contribution in [0.15, 0.2) is 36.5 Å². The van der Waals surface area contributed by atoms with Crippen LogP contribution in [0, 0.1) is 12.7 Å². The molecular formula is C24H29F4N3O2. The summed E-state index contributed by atoms with van der Waals surface area (Å²) < 4.78 is 61.3. The van der Waals surface area contributed by atoms with Crippen LogP contribution in [0.3, 0.4) is 0 Å². The lowest BCUT2D eigenvalue weighted by Crippen LogP contribution is -2.59. The van der Waals surface area contributed by atoms with E-state index in [4.69, 9.17) is 4.74 Å². The van der Waals surface area contributed by atoms with Gasteiger partial charge in [-0.05, 0) is 55.5 Å². The molecule has 180 valence electrons. The van der Waals surface area contributed by atoms with Crippen LogP contribution in [-0.4, -0.2) is 33.1 Å². The van der Waals surface area contributed by atoms with Crippen molar-refractivity contribution in [2.24, 2.45) is 0 Å².